The summed E-state index contributed by atoms with van der Waals surface area (Å²) in [6.45, 7) is 5.20. The lowest BCUT2D eigenvalue weighted by molar-refractivity contribution is 0.109. The molecule has 7 heteroatoms. The maximum atomic E-state index is 5.52. The third kappa shape index (κ3) is 3.58. The van der Waals surface area contributed by atoms with Crippen LogP contribution in [0.3, 0.4) is 0 Å². The summed E-state index contributed by atoms with van der Waals surface area (Å²) in [5.41, 5.74) is 1.16. The van der Waals surface area contributed by atoms with E-state index in [1.54, 1.807) is 14.2 Å². The van der Waals surface area contributed by atoms with E-state index in [1.807, 2.05) is 25.1 Å². The Balaban J connectivity index is 1.78. The molecule has 130 valence electrons. The van der Waals surface area contributed by atoms with Gasteiger partial charge in [0.25, 0.3) is 0 Å². The molecular weight excluding hydrogens is 308 g/mol. The number of ether oxygens (including phenoxy) is 2. The number of aromatic nitrogens is 2. The van der Waals surface area contributed by atoms with Crippen molar-refractivity contribution in [2.45, 2.75) is 25.6 Å². The number of rotatable bonds is 6. The van der Waals surface area contributed by atoms with E-state index in [1.165, 1.54) is 0 Å². The van der Waals surface area contributed by atoms with Crippen molar-refractivity contribution in [2.24, 2.45) is 0 Å². The minimum absolute atomic E-state index is 0.171. The molecule has 0 radical (unpaired) electrons. The molecule has 1 N–H and O–H groups in total. The van der Waals surface area contributed by atoms with Gasteiger partial charge in [-0.05, 0) is 13.0 Å². The lowest BCUT2D eigenvalue weighted by Crippen LogP contribution is -2.45. The quantitative estimate of drug-likeness (QED) is 0.866. The van der Waals surface area contributed by atoms with Gasteiger partial charge in [0.15, 0.2) is 5.82 Å². The Morgan fingerprint density at radius 2 is 2.21 bits per heavy atom. The second-order valence-electron chi connectivity index (χ2n) is 5.86. The van der Waals surface area contributed by atoms with Crippen LogP contribution >= 0.6 is 0 Å². The summed E-state index contributed by atoms with van der Waals surface area (Å²) >= 11 is 0. The molecule has 0 spiro atoms. The van der Waals surface area contributed by atoms with E-state index in [9.17, 15) is 0 Å². The highest BCUT2D eigenvalue weighted by atomic mass is 16.5. The molecular formula is C17H24N4O3. The summed E-state index contributed by atoms with van der Waals surface area (Å²) in [7, 11) is 3.34. The Bertz CT molecular complexity index is 661. The summed E-state index contributed by atoms with van der Waals surface area (Å²) in [6.07, 6.45) is -0.171. The third-order valence-corrected chi connectivity index (χ3v) is 4.39. The van der Waals surface area contributed by atoms with Crippen molar-refractivity contribution < 1.29 is 14.0 Å². The van der Waals surface area contributed by atoms with Crippen molar-refractivity contribution in [3.05, 3.63) is 41.5 Å². The van der Waals surface area contributed by atoms with E-state index < -0.39 is 0 Å². The molecule has 2 atom stereocenters. The summed E-state index contributed by atoms with van der Waals surface area (Å²) in [5.74, 6) is 2.09. The first kappa shape index (κ1) is 16.9. The average Bonchev–Trinajstić information content (AvgIpc) is 3.10. The van der Waals surface area contributed by atoms with Gasteiger partial charge in [-0.2, -0.15) is 4.98 Å². The van der Waals surface area contributed by atoms with Crippen LogP contribution in [0.15, 0.2) is 28.8 Å². The van der Waals surface area contributed by atoms with Crippen LogP contribution in [0.25, 0.3) is 0 Å². The molecule has 0 amide bonds. The lowest BCUT2D eigenvalue weighted by atomic mass is 10.0. The van der Waals surface area contributed by atoms with E-state index in [4.69, 9.17) is 14.0 Å². The van der Waals surface area contributed by atoms with Crippen LogP contribution < -0.4 is 10.1 Å². The zero-order valence-electron chi connectivity index (χ0n) is 14.4. The minimum Gasteiger partial charge on any atom is -0.496 e. The Hall–Kier alpha value is -1.96. The summed E-state index contributed by atoms with van der Waals surface area (Å²) < 4.78 is 16.2. The Kier molecular flexibility index (Phi) is 5.44. The minimum atomic E-state index is -0.171. The van der Waals surface area contributed by atoms with Gasteiger partial charge >= 0.3 is 0 Å². The van der Waals surface area contributed by atoms with E-state index in [-0.39, 0.29) is 12.1 Å². The van der Waals surface area contributed by atoms with Crippen molar-refractivity contribution in [3.63, 3.8) is 0 Å². The van der Waals surface area contributed by atoms with Gasteiger partial charge in [0.2, 0.25) is 5.89 Å². The first-order chi connectivity index (χ1) is 11.7. The van der Waals surface area contributed by atoms with Gasteiger partial charge in [-0.3, -0.25) is 4.90 Å². The molecule has 0 aliphatic carbocycles. The second-order valence-corrected chi connectivity index (χ2v) is 5.86. The van der Waals surface area contributed by atoms with Gasteiger partial charge in [-0.25, -0.2) is 0 Å². The van der Waals surface area contributed by atoms with Crippen LogP contribution in [0.1, 0.15) is 36.3 Å². The number of methoxy groups -OCH3 is 2. The van der Waals surface area contributed by atoms with E-state index in [0.29, 0.717) is 18.3 Å². The largest absolute Gasteiger partial charge is 0.496 e. The second kappa shape index (κ2) is 7.74. The van der Waals surface area contributed by atoms with Gasteiger partial charge in [-0.1, -0.05) is 23.4 Å². The monoisotopic (exact) mass is 332 g/mol. The van der Waals surface area contributed by atoms with E-state index in [2.05, 4.69) is 26.4 Å². The van der Waals surface area contributed by atoms with Gasteiger partial charge in [0.1, 0.15) is 11.9 Å². The van der Waals surface area contributed by atoms with Crippen LogP contribution in [0.4, 0.5) is 0 Å². The van der Waals surface area contributed by atoms with Crippen molar-refractivity contribution in [2.75, 3.05) is 33.9 Å². The Morgan fingerprint density at radius 3 is 3.00 bits per heavy atom. The molecule has 1 aliphatic heterocycles. The fraction of sp³-hybridized carbons (Fsp3) is 0.529. The standard InChI is InChI=1S/C17H24N4O3/c1-12(22-2)17-19-16(24-20-17)11-21-9-8-18-10-14(21)13-6-4-5-7-15(13)23-3/h4-7,12,14,18H,8-11H2,1-3H3. The fourth-order valence-corrected chi connectivity index (χ4v) is 2.96. The summed E-state index contributed by atoms with van der Waals surface area (Å²) in [6, 6.07) is 8.32. The SMILES string of the molecule is COc1ccccc1C1CNCCN1Cc1nc(C(C)OC)no1. The number of para-hydroxylation sites is 1. The average molecular weight is 332 g/mol. The molecule has 3 rings (SSSR count). The first-order valence-corrected chi connectivity index (χ1v) is 8.16. The molecule has 2 aromatic rings. The molecule has 1 aromatic carbocycles. The molecule has 1 saturated heterocycles. The number of benzene rings is 1. The highest BCUT2D eigenvalue weighted by Gasteiger charge is 2.28. The molecule has 2 unspecified atom stereocenters. The molecule has 2 heterocycles. The fourth-order valence-electron chi connectivity index (χ4n) is 2.96. The number of hydrogen-bond acceptors (Lipinski definition) is 7. The van der Waals surface area contributed by atoms with Crippen LogP contribution in [0.2, 0.25) is 0 Å². The van der Waals surface area contributed by atoms with Crippen molar-refractivity contribution in [1.82, 2.24) is 20.4 Å². The third-order valence-electron chi connectivity index (χ3n) is 4.39. The smallest absolute Gasteiger partial charge is 0.240 e. The van der Waals surface area contributed by atoms with Gasteiger partial charge in [0, 0.05) is 32.3 Å². The van der Waals surface area contributed by atoms with Gasteiger partial charge < -0.3 is 19.3 Å². The predicted octanol–water partition coefficient (Wildman–Crippen LogP) is 1.93. The number of hydrogen-bond donors (Lipinski definition) is 1. The summed E-state index contributed by atoms with van der Waals surface area (Å²) in [4.78, 5) is 6.79. The van der Waals surface area contributed by atoms with Crippen LogP contribution in [-0.4, -0.2) is 48.9 Å². The zero-order valence-corrected chi connectivity index (χ0v) is 14.4. The predicted molar refractivity (Wildman–Crippen MR) is 88.7 cm³/mol. The van der Waals surface area contributed by atoms with Gasteiger partial charge in [-0.15, -0.1) is 0 Å². The molecule has 7 nitrogen and oxygen atoms in total. The van der Waals surface area contributed by atoms with Crippen LogP contribution in [0, 0.1) is 0 Å². The highest BCUT2D eigenvalue weighted by molar-refractivity contribution is 5.36. The summed E-state index contributed by atoms with van der Waals surface area (Å²) in [5, 5.41) is 7.45. The molecule has 0 saturated carbocycles. The molecule has 1 aliphatic rings. The number of nitrogens with one attached hydrogen (secondary N) is 1. The van der Waals surface area contributed by atoms with E-state index >= 15 is 0 Å². The molecule has 24 heavy (non-hydrogen) atoms. The lowest BCUT2D eigenvalue weighted by Gasteiger charge is -2.36. The first-order valence-electron chi connectivity index (χ1n) is 8.16. The Morgan fingerprint density at radius 1 is 1.38 bits per heavy atom. The zero-order chi connectivity index (χ0) is 16.9. The van der Waals surface area contributed by atoms with E-state index in [0.717, 1.165) is 30.9 Å². The van der Waals surface area contributed by atoms with Gasteiger partial charge in [0.05, 0.1) is 19.7 Å². The molecule has 1 aromatic heterocycles. The van der Waals surface area contributed by atoms with Crippen LogP contribution in [0.5, 0.6) is 5.75 Å². The number of piperazine rings is 1. The molecule has 1 fully saturated rings. The van der Waals surface area contributed by atoms with Crippen molar-refractivity contribution >= 4 is 0 Å². The normalized spacial score (nSPS) is 20.0. The van der Waals surface area contributed by atoms with Crippen molar-refractivity contribution in [3.8, 4) is 5.75 Å². The highest BCUT2D eigenvalue weighted by Crippen LogP contribution is 2.31. The Labute approximate surface area is 141 Å². The maximum absolute atomic E-state index is 5.52. The maximum Gasteiger partial charge on any atom is 0.240 e. The van der Waals surface area contributed by atoms with Crippen molar-refractivity contribution in [1.29, 1.82) is 0 Å². The number of nitrogens with zero attached hydrogens (tertiary/aromatic N) is 3. The topological polar surface area (TPSA) is 72.7 Å². The van der Waals surface area contributed by atoms with Crippen LogP contribution in [-0.2, 0) is 11.3 Å². The molecule has 0 bridgehead atoms.